The molecule has 1 fully saturated rings. The molecule has 9 nitrogen and oxygen atoms in total. The molecule has 9 heteroatoms. The van der Waals surface area contributed by atoms with E-state index in [1.165, 1.54) is 0 Å². The first-order valence-electron chi connectivity index (χ1n) is 10.0. The number of hydrogen-bond donors (Lipinski definition) is 2. The standard InChI is InChI=1S/C20H27N7O2/c1-11(2)12(3)27-10-13(18-17(20(27)29)19(21)23-22-18)14-9-15(25(4)24-14)26-8-6-5-7-16(26)28/h9-12H,5-8H2,1-4H3,(H3,21,22,23). The summed E-state index contributed by atoms with van der Waals surface area (Å²) in [6.45, 7) is 6.84. The van der Waals surface area contributed by atoms with Crippen LogP contribution in [0.25, 0.3) is 22.2 Å². The maximum absolute atomic E-state index is 13.0. The lowest BCUT2D eigenvalue weighted by atomic mass is 10.0. The van der Waals surface area contributed by atoms with Crippen LogP contribution >= 0.6 is 0 Å². The average Bonchev–Trinajstić information content (AvgIpc) is 3.25. The van der Waals surface area contributed by atoms with Gasteiger partial charge in [0, 0.05) is 43.9 Å². The normalized spacial score (nSPS) is 16.2. The summed E-state index contributed by atoms with van der Waals surface area (Å²) in [5, 5.41) is 12.0. The number of aromatic nitrogens is 5. The number of H-pyrrole nitrogens is 1. The molecule has 0 aromatic carbocycles. The van der Waals surface area contributed by atoms with E-state index < -0.39 is 0 Å². The second kappa shape index (κ2) is 7.06. The summed E-state index contributed by atoms with van der Waals surface area (Å²) in [4.78, 5) is 27.2. The number of aryl methyl sites for hydroxylation is 1. The molecule has 3 aromatic rings. The van der Waals surface area contributed by atoms with E-state index in [0.717, 1.165) is 24.2 Å². The van der Waals surface area contributed by atoms with Gasteiger partial charge in [-0.05, 0) is 25.7 Å². The Morgan fingerprint density at radius 1 is 1.21 bits per heavy atom. The van der Waals surface area contributed by atoms with E-state index in [4.69, 9.17) is 5.73 Å². The van der Waals surface area contributed by atoms with Gasteiger partial charge in [0.05, 0.1) is 11.2 Å². The summed E-state index contributed by atoms with van der Waals surface area (Å²) in [6, 6.07) is 1.87. The Labute approximate surface area is 168 Å². The van der Waals surface area contributed by atoms with Crippen molar-refractivity contribution in [1.82, 2.24) is 24.5 Å². The highest BCUT2D eigenvalue weighted by Crippen LogP contribution is 2.32. The quantitative estimate of drug-likeness (QED) is 0.702. The molecule has 1 aliphatic rings. The Morgan fingerprint density at radius 3 is 2.66 bits per heavy atom. The van der Waals surface area contributed by atoms with E-state index in [2.05, 4.69) is 29.1 Å². The van der Waals surface area contributed by atoms with Gasteiger partial charge in [0.25, 0.3) is 5.56 Å². The van der Waals surface area contributed by atoms with Gasteiger partial charge < -0.3 is 10.3 Å². The first-order chi connectivity index (χ1) is 13.8. The predicted octanol–water partition coefficient (Wildman–Crippen LogP) is 2.44. The van der Waals surface area contributed by atoms with Gasteiger partial charge in [-0.2, -0.15) is 10.2 Å². The number of piperidine rings is 1. The number of nitrogen functional groups attached to an aromatic ring is 1. The summed E-state index contributed by atoms with van der Waals surface area (Å²) in [6.07, 6.45) is 4.27. The van der Waals surface area contributed by atoms with Gasteiger partial charge in [-0.1, -0.05) is 13.8 Å². The number of carbonyl (C=O) groups excluding carboxylic acids is 1. The molecule has 4 rings (SSSR count). The number of rotatable bonds is 4. The fourth-order valence-corrected chi connectivity index (χ4v) is 3.87. The van der Waals surface area contributed by atoms with Crippen molar-refractivity contribution in [3.05, 3.63) is 22.6 Å². The van der Waals surface area contributed by atoms with Crippen LogP contribution in [0.4, 0.5) is 11.6 Å². The van der Waals surface area contributed by atoms with Crippen molar-refractivity contribution in [2.45, 2.75) is 46.1 Å². The molecule has 0 spiro atoms. The van der Waals surface area contributed by atoms with Crippen LogP contribution in [-0.4, -0.2) is 37.0 Å². The fourth-order valence-electron chi connectivity index (χ4n) is 3.87. The van der Waals surface area contributed by atoms with Crippen LogP contribution in [-0.2, 0) is 11.8 Å². The van der Waals surface area contributed by atoms with E-state index in [9.17, 15) is 9.59 Å². The Morgan fingerprint density at radius 2 is 1.97 bits per heavy atom. The number of nitrogens with two attached hydrogens (primary N) is 1. The van der Waals surface area contributed by atoms with Gasteiger partial charge in [-0.25, -0.2) is 0 Å². The molecule has 1 saturated heterocycles. The number of pyridine rings is 1. The highest BCUT2D eigenvalue weighted by molar-refractivity contribution is 5.98. The summed E-state index contributed by atoms with van der Waals surface area (Å²) >= 11 is 0. The maximum atomic E-state index is 13.0. The topological polar surface area (TPSA) is 115 Å². The molecular formula is C20H27N7O2. The van der Waals surface area contributed by atoms with Gasteiger partial charge in [0.15, 0.2) is 5.82 Å². The van der Waals surface area contributed by atoms with Crippen molar-refractivity contribution >= 4 is 28.4 Å². The number of nitrogens with zero attached hydrogens (tertiary/aromatic N) is 5. The largest absolute Gasteiger partial charge is 0.382 e. The van der Waals surface area contributed by atoms with Gasteiger partial charge in [-0.15, -0.1) is 0 Å². The lowest BCUT2D eigenvalue weighted by Crippen LogP contribution is -2.36. The van der Waals surface area contributed by atoms with E-state index in [-0.39, 0.29) is 29.2 Å². The molecule has 1 atom stereocenters. The predicted molar refractivity (Wildman–Crippen MR) is 113 cm³/mol. The minimum Gasteiger partial charge on any atom is -0.382 e. The number of carbonyl (C=O) groups is 1. The van der Waals surface area contributed by atoms with E-state index >= 15 is 0 Å². The van der Waals surface area contributed by atoms with Gasteiger partial charge >= 0.3 is 0 Å². The highest BCUT2D eigenvalue weighted by atomic mass is 16.2. The molecular weight excluding hydrogens is 370 g/mol. The number of anilines is 2. The molecule has 154 valence electrons. The van der Waals surface area contributed by atoms with Crippen LogP contribution in [0.2, 0.25) is 0 Å². The molecule has 1 aliphatic heterocycles. The first-order valence-corrected chi connectivity index (χ1v) is 10.0. The minimum atomic E-state index is -0.168. The highest BCUT2D eigenvalue weighted by Gasteiger charge is 2.25. The second-order valence-corrected chi connectivity index (χ2v) is 8.11. The van der Waals surface area contributed by atoms with Crippen molar-refractivity contribution in [1.29, 1.82) is 0 Å². The van der Waals surface area contributed by atoms with Crippen LogP contribution in [0.1, 0.15) is 46.1 Å². The van der Waals surface area contributed by atoms with E-state index in [1.54, 1.807) is 14.1 Å². The zero-order valence-electron chi connectivity index (χ0n) is 17.3. The van der Waals surface area contributed by atoms with Gasteiger partial charge in [-0.3, -0.25) is 24.3 Å². The molecule has 1 unspecified atom stereocenters. The third-order valence-corrected chi connectivity index (χ3v) is 5.91. The summed E-state index contributed by atoms with van der Waals surface area (Å²) in [5.74, 6) is 1.30. The van der Waals surface area contributed by atoms with Gasteiger partial charge in [0.2, 0.25) is 5.91 Å². The van der Waals surface area contributed by atoms with Crippen LogP contribution in [0.5, 0.6) is 0 Å². The number of nitrogens with one attached hydrogen (secondary N) is 1. The lowest BCUT2D eigenvalue weighted by Gasteiger charge is -2.26. The zero-order chi connectivity index (χ0) is 20.9. The number of aromatic amines is 1. The smallest absolute Gasteiger partial charge is 0.264 e. The Balaban J connectivity index is 1.90. The third-order valence-electron chi connectivity index (χ3n) is 5.91. The summed E-state index contributed by atoms with van der Waals surface area (Å²) in [5.41, 5.74) is 7.81. The van der Waals surface area contributed by atoms with E-state index in [0.29, 0.717) is 29.6 Å². The van der Waals surface area contributed by atoms with Crippen LogP contribution in [0.15, 0.2) is 17.1 Å². The van der Waals surface area contributed by atoms with Crippen LogP contribution < -0.4 is 16.2 Å². The van der Waals surface area contributed by atoms with Crippen molar-refractivity contribution in [2.24, 2.45) is 13.0 Å². The molecule has 4 heterocycles. The monoisotopic (exact) mass is 397 g/mol. The Bertz CT molecular complexity index is 1140. The van der Waals surface area contributed by atoms with Crippen molar-refractivity contribution in [2.75, 3.05) is 17.2 Å². The average molecular weight is 397 g/mol. The van der Waals surface area contributed by atoms with Crippen LogP contribution in [0, 0.1) is 5.92 Å². The van der Waals surface area contributed by atoms with Crippen molar-refractivity contribution in [3.8, 4) is 11.3 Å². The van der Waals surface area contributed by atoms with Crippen molar-refractivity contribution in [3.63, 3.8) is 0 Å². The van der Waals surface area contributed by atoms with Crippen LogP contribution in [0.3, 0.4) is 0 Å². The second-order valence-electron chi connectivity index (χ2n) is 8.11. The minimum absolute atomic E-state index is 0.0215. The Kier molecular flexibility index (Phi) is 4.68. The number of hydrogen-bond acceptors (Lipinski definition) is 5. The SMILES string of the molecule is CC(C)C(C)n1cc(-c2cc(N3CCCCC3=O)n(C)n2)c2[nH]nc(N)c2c1=O. The lowest BCUT2D eigenvalue weighted by molar-refractivity contribution is -0.119. The Hall–Kier alpha value is -3.10. The van der Waals surface area contributed by atoms with Gasteiger partial charge in [0.1, 0.15) is 11.2 Å². The summed E-state index contributed by atoms with van der Waals surface area (Å²) in [7, 11) is 1.83. The molecule has 3 N–H and O–H groups in total. The van der Waals surface area contributed by atoms with E-state index in [1.807, 2.05) is 26.2 Å². The molecule has 1 amide bonds. The number of amides is 1. The molecule has 29 heavy (non-hydrogen) atoms. The zero-order valence-corrected chi connectivity index (χ0v) is 17.3. The molecule has 0 aliphatic carbocycles. The molecule has 0 saturated carbocycles. The molecule has 3 aromatic heterocycles. The first kappa shape index (κ1) is 19.2. The maximum Gasteiger partial charge on any atom is 0.264 e. The number of fused-ring (bicyclic) bond motifs is 1. The summed E-state index contributed by atoms with van der Waals surface area (Å²) < 4.78 is 3.42. The fraction of sp³-hybridized carbons (Fsp3) is 0.500. The van der Waals surface area contributed by atoms with Crippen molar-refractivity contribution < 1.29 is 4.79 Å². The molecule has 0 bridgehead atoms. The third kappa shape index (κ3) is 3.10. The molecule has 0 radical (unpaired) electrons.